The van der Waals surface area contributed by atoms with Crippen LogP contribution in [0.1, 0.15) is 74.7 Å². The highest BCUT2D eigenvalue weighted by atomic mass is 16.1. The molecule has 1 aromatic heterocycles. The van der Waals surface area contributed by atoms with E-state index in [2.05, 4.69) is 44.4 Å². The number of nitrogens with two attached hydrogens (primary N) is 1. The van der Waals surface area contributed by atoms with Crippen LogP contribution in [0.2, 0.25) is 0 Å². The topological polar surface area (TPSA) is 48.0 Å². The summed E-state index contributed by atoms with van der Waals surface area (Å²) in [5.74, 6) is 0.156. The van der Waals surface area contributed by atoms with E-state index in [1.54, 1.807) is 0 Å². The van der Waals surface area contributed by atoms with Crippen molar-refractivity contribution in [3.8, 4) is 11.1 Å². The molecule has 0 saturated heterocycles. The average molecular weight is 341 g/mol. The van der Waals surface area contributed by atoms with Crippen molar-refractivity contribution in [2.45, 2.75) is 66.3 Å². The lowest BCUT2D eigenvalue weighted by Crippen LogP contribution is -2.17. The zero-order valence-electron chi connectivity index (χ0n) is 16.3. The Kier molecular flexibility index (Phi) is 6.46. The fraction of sp³-hybridized carbons (Fsp3) is 0.500. The van der Waals surface area contributed by atoms with Crippen molar-refractivity contribution in [3.63, 3.8) is 0 Å². The van der Waals surface area contributed by atoms with E-state index in [1.165, 1.54) is 18.5 Å². The minimum Gasteiger partial charge on any atom is -0.366 e. The normalized spacial score (nSPS) is 12.6. The summed E-state index contributed by atoms with van der Waals surface area (Å²) in [5, 5.41) is 0. The van der Waals surface area contributed by atoms with E-state index in [4.69, 9.17) is 5.73 Å². The van der Waals surface area contributed by atoms with Crippen LogP contribution in [0.5, 0.6) is 0 Å². The Morgan fingerprint density at radius 2 is 1.76 bits per heavy atom. The molecule has 0 bridgehead atoms. The Bertz CT molecular complexity index is 713. The summed E-state index contributed by atoms with van der Waals surface area (Å²) >= 11 is 0. The van der Waals surface area contributed by atoms with Gasteiger partial charge in [0, 0.05) is 23.0 Å². The van der Waals surface area contributed by atoms with E-state index in [1.807, 2.05) is 25.1 Å². The van der Waals surface area contributed by atoms with Crippen molar-refractivity contribution in [1.82, 2.24) is 4.57 Å². The summed E-state index contributed by atoms with van der Waals surface area (Å²) in [6.07, 6.45) is 4.48. The van der Waals surface area contributed by atoms with Gasteiger partial charge in [-0.25, -0.2) is 0 Å². The number of hydrogen-bond acceptors (Lipinski definition) is 1. The number of aromatic nitrogens is 1. The average Bonchev–Trinajstić information content (AvgIpc) is 2.87. The first-order valence-corrected chi connectivity index (χ1v) is 9.48. The predicted molar refractivity (Wildman–Crippen MR) is 106 cm³/mol. The molecule has 2 aromatic rings. The second-order valence-corrected chi connectivity index (χ2v) is 7.32. The molecule has 0 aliphatic rings. The molecule has 2 N–H and O–H groups in total. The molecule has 1 unspecified atom stereocenters. The van der Waals surface area contributed by atoms with Gasteiger partial charge in [0.2, 0.25) is 0 Å². The van der Waals surface area contributed by atoms with Gasteiger partial charge in [0.05, 0.1) is 5.56 Å². The zero-order valence-corrected chi connectivity index (χ0v) is 16.3. The molecule has 0 aliphatic heterocycles. The Hall–Kier alpha value is -2.03. The molecular formula is C22H32N2O. The number of unbranched alkanes of at least 4 members (excludes halogenated alkanes) is 2. The molecule has 1 heterocycles. The van der Waals surface area contributed by atoms with Crippen molar-refractivity contribution in [2.24, 2.45) is 11.7 Å². The highest BCUT2D eigenvalue weighted by Gasteiger charge is 2.27. The molecule has 136 valence electrons. The van der Waals surface area contributed by atoms with Crippen molar-refractivity contribution in [1.29, 1.82) is 0 Å². The highest BCUT2D eigenvalue weighted by Crippen LogP contribution is 2.37. The number of primary amides is 1. The molecule has 0 spiro atoms. The van der Waals surface area contributed by atoms with Gasteiger partial charge in [-0.15, -0.1) is 0 Å². The molecule has 0 saturated carbocycles. The number of carbonyl (C=O) groups is 1. The summed E-state index contributed by atoms with van der Waals surface area (Å²) in [6.45, 7) is 10.9. The van der Waals surface area contributed by atoms with Crippen molar-refractivity contribution < 1.29 is 4.79 Å². The summed E-state index contributed by atoms with van der Waals surface area (Å²) in [5.41, 5.74) is 10.9. The number of amides is 1. The van der Waals surface area contributed by atoms with Crippen LogP contribution in [0.15, 0.2) is 30.3 Å². The van der Waals surface area contributed by atoms with Gasteiger partial charge in [-0.2, -0.15) is 0 Å². The Labute approximate surface area is 152 Å². The molecule has 3 heteroatoms. The summed E-state index contributed by atoms with van der Waals surface area (Å²) in [4.78, 5) is 12.3. The van der Waals surface area contributed by atoms with E-state index in [9.17, 15) is 4.79 Å². The smallest absolute Gasteiger partial charge is 0.251 e. The number of carbonyl (C=O) groups excluding carboxylic acids is 1. The molecule has 0 radical (unpaired) electrons. The van der Waals surface area contributed by atoms with Gasteiger partial charge in [-0.05, 0) is 38.2 Å². The first-order chi connectivity index (χ1) is 11.9. The quantitative estimate of drug-likeness (QED) is 0.633. The lowest BCUT2D eigenvalue weighted by Gasteiger charge is -2.23. The third kappa shape index (κ3) is 3.97. The van der Waals surface area contributed by atoms with Gasteiger partial charge < -0.3 is 10.3 Å². The van der Waals surface area contributed by atoms with E-state index in [-0.39, 0.29) is 5.91 Å². The lowest BCUT2D eigenvalue weighted by atomic mass is 9.97. The lowest BCUT2D eigenvalue weighted by molar-refractivity contribution is 0.1000. The van der Waals surface area contributed by atoms with Crippen LogP contribution in [0, 0.1) is 12.8 Å². The third-order valence-electron chi connectivity index (χ3n) is 5.25. The SMILES string of the molecule is CCCCCc1c(-c2ccccc2)c(C(N)=O)c(C)n1C(C)C(C)C. The summed E-state index contributed by atoms with van der Waals surface area (Å²) in [6, 6.07) is 10.5. The Balaban J connectivity index is 2.73. The third-order valence-corrected chi connectivity index (χ3v) is 5.25. The minimum atomic E-state index is -0.331. The van der Waals surface area contributed by atoms with Gasteiger partial charge in [-0.1, -0.05) is 63.9 Å². The zero-order chi connectivity index (χ0) is 18.6. The predicted octanol–water partition coefficient (Wildman–Crippen LogP) is 5.51. The van der Waals surface area contributed by atoms with Crippen LogP contribution >= 0.6 is 0 Å². The van der Waals surface area contributed by atoms with Crippen LogP contribution in [0.4, 0.5) is 0 Å². The summed E-state index contributed by atoms with van der Waals surface area (Å²) < 4.78 is 2.36. The van der Waals surface area contributed by atoms with E-state index in [0.717, 1.165) is 29.7 Å². The van der Waals surface area contributed by atoms with E-state index >= 15 is 0 Å². The molecule has 1 amide bonds. The maximum atomic E-state index is 12.3. The molecule has 0 fully saturated rings. The maximum Gasteiger partial charge on any atom is 0.251 e. The standard InChI is InChI=1S/C22H32N2O/c1-6-7-9-14-19-21(18-12-10-8-11-13-18)20(22(23)25)17(5)24(19)16(4)15(2)3/h8,10-13,15-16H,6-7,9,14H2,1-5H3,(H2,23,25). The van der Waals surface area contributed by atoms with Crippen LogP contribution in [-0.2, 0) is 6.42 Å². The first kappa shape index (κ1) is 19.3. The maximum absolute atomic E-state index is 12.3. The molecule has 1 atom stereocenters. The fourth-order valence-electron chi connectivity index (χ4n) is 3.62. The summed E-state index contributed by atoms with van der Waals surface area (Å²) in [7, 11) is 0. The fourth-order valence-corrected chi connectivity index (χ4v) is 3.62. The van der Waals surface area contributed by atoms with Gasteiger partial charge >= 0.3 is 0 Å². The van der Waals surface area contributed by atoms with Crippen molar-refractivity contribution >= 4 is 5.91 Å². The second kappa shape index (κ2) is 8.37. The van der Waals surface area contributed by atoms with Crippen LogP contribution in [0.3, 0.4) is 0 Å². The number of nitrogens with zero attached hydrogens (tertiary/aromatic N) is 1. The van der Waals surface area contributed by atoms with Crippen molar-refractivity contribution in [3.05, 3.63) is 47.3 Å². The van der Waals surface area contributed by atoms with E-state index in [0.29, 0.717) is 17.5 Å². The van der Waals surface area contributed by atoms with Crippen LogP contribution in [-0.4, -0.2) is 10.5 Å². The molecule has 25 heavy (non-hydrogen) atoms. The number of rotatable bonds is 8. The second-order valence-electron chi connectivity index (χ2n) is 7.32. The van der Waals surface area contributed by atoms with Crippen molar-refractivity contribution in [2.75, 3.05) is 0 Å². The Morgan fingerprint density at radius 1 is 1.12 bits per heavy atom. The van der Waals surface area contributed by atoms with Crippen LogP contribution in [0.25, 0.3) is 11.1 Å². The molecule has 0 aliphatic carbocycles. The molecule has 2 rings (SSSR count). The first-order valence-electron chi connectivity index (χ1n) is 9.48. The van der Waals surface area contributed by atoms with E-state index < -0.39 is 0 Å². The molecule has 3 nitrogen and oxygen atoms in total. The van der Waals surface area contributed by atoms with Gasteiger partial charge in [0.25, 0.3) is 5.91 Å². The Morgan fingerprint density at radius 3 is 2.28 bits per heavy atom. The molecule has 1 aromatic carbocycles. The van der Waals surface area contributed by atoms with Crippen LogP contribution < -0.4 is 5.73 Å². The number of hydrogen-bond donors (Lipinski definition) is 1. The van der Waals surface area contributed by atoms with Gasteiger partial charge in [-0.3, -0.25) is 4.79 Å². The largest absolute Gasteiger partial charge is 0.366 e. The van der Waals surface area contributed by atoms with Gasteiger partial charge in [0.1, 0.15) is 0 Å². The number of benzene rings is 1. The monoisotopic (exact) mass is 340 g/mol. The highest BCUT2D eigenvalue weighted by molar-refractivity contribution is 6.02. The minimum absolute atomic E-state index is 0.326. The van der Waals surface area contributed by atoms with Gasteiger partial charge in [0.15, 0.2) is 0 Å². The molecular weight excluding hydrogens is 308 g/mol.